The number of anilines is 1. The number of sulfonamides is 1. The molecule has 8 heteroatoms. The van der Waals surface area contributed by atoms with Gasteiger partial charge in [0.25, 0.3) is 0 Å². The molecule has 164 valence electrons. The molecule has 0 radical (unpaired) electrons. The summed E-state index contributed by atoms with van der Waals surface area (Å²) >= 11 is 1.70. The standard InChI is InChI=1S/C23H25FN2O3S2/c1-31(28,29)26(22-9-4-7-19-6-2-3-8-21(19)22)16-23(27)25-14-5-15-30-17-18-10-12-20(24)13-11-18/h2-4,6-13H,5,14-17H2,1H3,(H,25,27). The van der Waals surface area contributed by atoms with Crippen molar-refractivity contribution >= 4 is 44.2 Å². The number of carbonyl (C=O) groups is 1. The fourth-order valence-electron chi connectivity index (χ4n) is 3.17. The maximum absolute atomic E-state index is 12.9. The van der Waals surface area contributed by atoms with E-state index in [2.05, 4.69) is 5.32 Å². The second-order valence-electron chi connectivity index (χ2n) is 7.15. The molecule has 0 saturated carbocycles. The van der Waals surface area contributed by atoms with E-state index in [0.29, 0.717) is 12.2 Å². The lowest BCUT2D eigenvalue weighted by Gasteiger charge is -2.23. The van der Waals surface area contributed by atoms with E-state index in [9.17, 15) is 17.6 Å². The Balaban J connectivity index is 1.51. The number of halogens is 1. The van der Waals surface area contributed by atoms with E-state index in [0.717, 1.165) is 44.8 Å². The van der Waals surface area contributed by atoms with Crippen LogP contribution < -0.4 is 9.62 Å². The fraction of sp³-hybridized carbons (Fsp3) is 0.261. The Hall–Kier alpha value is -2.58. The van der Waals surface area contributed by atoms with Gasteiger partial charge in [-0.05, 0) is 41.3 Å². The molecule has 0 fully saturated rings. The lowest BCUT2D eigenvalue weighted by atomic mass is 10.1. The third kappa shape index (κ3) is 6.70. The van der Waals surface area contributed by atoms with E-state index in [1.54, 1.807) is 36.0 Å². The first-order valence-corrected chi connectivity index (χ1v) is 12.9. The van der Waals surface area contributed by atoms with Crippen molar-refractivity contribution in [3.05, 3.63) is 78.1 Å². The number of nitrogens with zero attached hydrogens (tertiary/aromatic N) is 1. The molecule has 0 atom stereocenters. The van der Waals surface area contributed by atoms with Crippen LogP contribution in [0.5, 0.6) is 0 Å². The second kappa shape index (κ2) is 10.6. The molecule has 0 saturated heterocycles. The Morgan fingerprint density at radius 3 is 2.48 bits per heavy atom. The van der Waals surface area contributed by atoms with Crippen LogP contribution in [0.15, 0.2) is 66.7 Å². The van der Waals surface area contributed by atoms with Gasteiger partial charge in [-0.2, -0.15) is 11.8 Å². The average Bonchev–Trinajstić information content (AvgIpc) is 2.74. The molecule has 0 aliphatic rings. The molecule has 0 heterocycles. The molecule has 1 amide bonds. The van der Waals surface area contributed by atoms with Gasteiger partial charge in [-0.15, -0.1) is 0 Å². The molecule has 0 aromatic heterocycles. The third-order valence-electron chi connectivity index (χ3n) is 4.69. The van der Waals surface area contributed by atoms with Crippen molar-refractivity contribution in [2.45, 2.75) is 12.2 Å². The van der Waals surface area contributed by atoms with Crippen molar-refractivity contribution in [3.63, 3.8) is 0 Å². The van der Waals surface area contributed by atoms with Gasteiger partial charge in [0.2, 0.25) is 15.9 Å². The number of nitrogens with one attached hydrogen (secondary N) is 1. The predicted molar refractivity (Wildman–Crippen MR) is 126 cm³/mol. The van der Waals surface area contributed by atoms with E-state index >= 15 is 0 Å². The molecule has 3 aromatic carbocycles. The van der Waals surface area contributed by atoms with Crippen LogP contribution in [-0.2, 0) is 20.6 Å². The number of benzene rings is 3. The quantitative estimate of drug-likeness (QED) is 0.461. The lowest BCUT2D eigenvalue weighted by Crippen LogP contribution is -2.40. The highest BCUT2D eigenvalue weighted by atomic mass is 32.2. The number of carbonyl (C=O) groups excluding carboxylic acids is 1. The summed E-state index contributed by atoms with van der Waals surface area (Å²) in [6, 6.07) is 19.3. The SMILES string of the molecule is CS(=O)(=O)N(CC(=O)NCCCSCc1ccc(F)cc1)c1cccc2ccccc12. The zero-order valence-electron chi connectivity index (χ0n) is 17.3. The molecule has 0 aliphatic carbocycles. The minimum absolute atomic E-state index is 0.247. The molecule has 3 rings (SSSR count). The first-order chi connectivity index (χ1) is 14.8. The minimum Gasteiger partial charge on any atom is -0.354 e. The minimum atomic E-state index is -3.64. The number of rotatable bonds is 10. The summed E-state index contributed by atoms with van der Waals surface area (Å²) in [4.78, 5) is 12.4. The van der Waals surface area contributed by atoms with Crippen LogP contribution in [0.2, 0.25) is 0 Å². The monoisotopic (exact) mass is 460 g/mol. The molecule has 0 spiro atoms. The number of thioether (sulfide) groups is 1. The molecule has 0 aliphatic heterocycles. The van der Waals surface area contributed by atoms with Gasteiger partial charge in [0.05, 0.1) is 11.9 Å². The first-order valence-electron chi connectivity index (χ1n) is 9.89. The maximum atomic E-state index is 12.9. The highest BCUT2D eigenvalue weighted by Crippen LogP contribution is 2.28. The first kappa shape index (κ1) is 23.1. The summed E-state index contributed by atoms with van der Waals surface area (Å²) in [5, 5.41) is 4.49. The molecule has 31 heavy (non-hydrogen) atoms. The largest absolute Gasteiger partial charge is 0.354 e. The summed E-state index contributed by atoms with van der Waals surface area (Å²) in [5.41, 5.74) is 1.54. The maximum Gasteiger partial charge on any atom is 0.240 e. The van der Waals surface area contributed by atoms with Crippen LogP contribution in [0.25, 0.3) is 10.8 Å². The molecule has 0 bridgehead atoms. The summed E-state index contributed by atoms with van der Waals surface area (Å²) < 4.78 is 38.9. The summed E-state index contributed by atoms with van der Waals surface area (Å²) in [6.07, 6.45) is 1.86. The van der Waals surface area contributed by atoms with Gasteiger partial charge in [0.15, 0.2) is 0 Å². The van der Waals surface area contributed by atoms with E-state index in [4.69, 9.17) is 0 Å². The molecule has 3 aromatic rings. The topological polar surface area (TPSA) is 66.5 Å². The van der Waals surface area contributed by atoms with Gasteiger partial charge in [0.1, 0.15) is 12.4 Å². The zero-order chi connectivity index (χ0) is 22.3. The van der Waals surface area contributed by atoms with Crippen molar-refractivity contribution in [3.8, 4) is 0 Å². The van der Waals surface area contributed by atoms with Crippen LogP contribution in [-0.4, -0.2) is 39.4 Å². The molecule has 5 nitrogen and oxygen atoms in total. The number of hydrogen-bond acceptors (Lipinski definition) is 4. The predicted octanol–water partition coefficient (Wildman–Crippen LogP) is 4.18. The van der Waals surface area contributed by atoms with Gasteiger partial charge in [-0.3, -0.25) is 9.10 Å². The van der Waals surface area contributed by atoms with Crippen molar-refractivity contribution < 1.29 is 17.6 Å². The third-order valence-corrected chi connectivity index (χ3v) is 6.93. The van der Waals surface area contributed by atoms with Gasteiger partial charge >= 0.3 is 0 Å². The number of fused-ring (bicyclic) bond motifs is 1. The van der Waals surface area contributed by atoms with Gasteiger partial charge in [0, 0.05) is 17.7 Å². The number of hydrogen-bond donors (Lipinski definition) is 1. The fourth-order valence-corrected chi connectivity index (χ4v) is 4.96. The van der Waals surface area contributed by atoms with Crippen molar-refractivity contribution in [2.24, 2.45) is 0 Å². The van der Waals surface area contributed by atoms with Crippen LogP contribution in [0, 0.1) is 5.82 Å². The lowest BCUT2D eigenvalue weighted by molar-refractivity contribution is -0.119. The van der Waals surface area contributed by atoms with Gasteiger partial charge < -0.3 is 5.32 Å². The van der Waals surface area contributed by atoms with Crippen molar-refractivity contribution in [1.29, 1.82) is 0 Å². The zero-order valence-corrected chi connectivity index (χ0v) is 18.9. The van der Waals surface area contributed by atoms with Crippen LogP contribution in [0.4, 0.5) is 10.1 Å². The number of amides is 1. The second-order valence-corrected chi connectivity index (χ2v) is 10.2. The van der Waals surface area contributed by atoms with Crippen LogP contribution in [0.1, 0.15) is 12.0 Å². The van der Waals surface area contributed by atoms with Gasteiger partial charge in [-0.1, -0.05) is 48.5 Å². The van der Waals surface area contributed by atoms with Crippen LogP contribution in [0.3, 0.4) is 0 Å². The van der Waals surface area contributed by atoms with E-state index in [1.165, 1.54) is 12.1 Å². The van der Waals surface area contributed by atoms with Crippen molar-refractivity contribution in [2.75, 3.05) is 29.4 Å². The normalized spacial score (nSPS) is 11.4. The average molecular weight is 461 g/mol. The Morgan fingerprint density at radius 2 is 1.74 bits per heavy atom. The summed E-state index contributed by atoms with van der Waals surface area (Å²) in [5.74, 6) is 1.01. The van der Waals surface area contributed by atoms with E-state index in [1.807, 2.05) is 30.3 Å². The highest BCUT2D eigenvalue weighted by molar-refractivity contribution is 7.98. The molecular weight excluding hydrogens is 435 g/mol. The van der Waals surface area contributed by atoms with E-state index < -0.39 is 10.0 Å². The smallest absolute Gasteiger partial charge is 0.240 e. The van der Waals surface area contributed by atoms with Crippen LogP contribution >= 0.6 is 11.8 Å². The highest BCUT2D eigenvalue weighted by Gasteiger charge is 2.22. The molecular formula is C23H25FN2O3S2. The molecule has 0 unspecified atom stereocenters. The summed E-state index contributed by atoms with van der Waals surface area (Å²) in [7, 11) is -3.64. The van der Waals surface area contributed by atoms with Crippen molar-refractivity contribution in [1.82, 2.24) is 5.32 Å². The Labute approximate surface area is 186 Å². The Morgan fingerprint density at radius 1 is 1.03 bits per heavy atom. The molecule has 1 N–H and O–H groups in total. The summed E-state index contributed by atoms with van der Waals surface area (Å²) in [6.45, 7) is 0.192. The Kier molecular flexibility index (Phi) is 7.92. The van der Waals surface area contributed by atoms with Gasteiger partial charge in [-0.25, -0.2) is 12.8 Å². The Bertz CT molecular complexity index is 1130. The van der Waals surface area contributed by atoms with E-state index in [-0.39, 0.29) is 18.3 Å².